The number of nitrogens with zero attached hydrogens (tertiary/aromatic N) is 2. The molecular weight excluding hydrogens is 529 g/mol. The van der Waals surface area contributed by atoms with Gasteiger partial charge in [0.05, 0.1) is 21.8 Å². The summed E-state index contributed by atoms with van der Waals surface area (Å²) in [7, 11) is 0. The molecule has 1 aliphatic heterocycles. The number of thiazole rings is 1. The number of nitrogens with one attached hydrogen (secondary N) is 1. The first-order valence-corrected chi connectivity index (χ1v) is 12.4. The molecule has 0 saturated heterocycles. The number of carbonyl (C=O) groups is 1. The van der Waals surface area contributed by atoms with E-state index in [2.05, 4.69) is 26.2 Å². The number of rotatable bonds is 4. The molecule has 1 N–H and O–H groups in total. The lowest BCUT2D eigenvalue weighted by atomic mass is 9.95. The lowest BCUT2D eigenvalue weighted by molar-refractivity contribution is -0.113. The monoisotopic (exact) mass is 547 g/mol. The Labute approximate surface area is 212 Å². The Balaban J connectivity index is 1.67. The Kier molecular flexibility index (Phi) is 6.32. The molecule has 35 heavy (non-hydrogen) atoms. The molecule has 174 valence electrons. The van der Waals surface area contributed by atoms with Gasteiger partial charge in [0.15, 0.2) is 4.80 Å². The molecule has 4 aromatic rings. The summed E-state index contributed by atoms with van der Waals surface area (Å²) in [4.78, 5) is 32.2. The molecule has 0 radical (unpaired) electrons. The van der Waals surface area contributed by atoms with Gasteiger partial charge in [-0.05, 0) is 60.5 Å². The third kappa shape index (κ3) is 4.67. The maximum absolute atomic E-state index is 13.7. The number of allylic oxidation sites excluding steroid dienone is 1. The van der Waals surface area contributed by atoms with Crippen LogP contribution in [0.2, 0.25) is 0 Å². The van der Waals surface area contributed by atoms with E-state index in [-0.39, 0.29) is 11.5 Å². The first kappa shape index (κ1) is 23.1. The average Bonchev–Trinajstić information content (AvgIpc) is 3.15. The van der Waals surface area contributed by atoms with Gasteiger partial charge in [0.2, 0.25) is 0 Å². The SMILES string of the molecule is CC1=C(C(=O)Nc2ccccc2)[C@H](c2ccc(F)cc2)n2c(s/c(=C/c3ccc(Br)cc3)c2=O)=N1. The smallest absolute Gasteiger partial charge is 0.271 e. The van der Waals surface area contributed by atoms with Gasteiger partial charge >= 0.3 is 0 Å². The molecule has 3 aromatic carbocycles. The quantitative estimate of drug-likeness (QED) is 0.399. The molecule has 8 heteroatoms. The second-order valence-corrected chi connectivity index (χ2v) is 9.93. The highest BCUT2D eigenvalue weighted by Gasteiger charge is 2.32. The second kappa shape index (κ2) is 9.56. The van der Waals surface area contributed by atoms with Crippen LogP contribution in [0, 0.1) is 5.82 Å². The summed E-state index contributed by atoms with van der Waals surface area (Å²) >= 11 is 4.68. The van der Waals surface area contributed by atoms with Crippen molar-refractivity contribution >= 4 is 44.9 Å². The first-order valence-electron chi connectivity index (χ1n) is 10.8. The third-order valence-corrected chi connectivity index (χ3v) is 7.16. The fraction of sp³-hybridized carbons (Fsp3) is 0.0741. The van der Waals surface area contributed by atoms with Gasteiger partial charge in [-0.1, -0.05) is 69.7 Å². The molecular formula is C27H19BrFN3O2S. The van der Waals surface area contributed by atoms with Gasteiger partial charge in [-0.25, -0.2) is 9.38 Å². The molecule has 0 unspecified atom stereocenters. The number of hydrogen-bond donors (Lipinski definition) is 1. The maximum atomic E-state index is 13.7. The van der Waals surface area contributed by atoms with Crippen molar-refractivity contribution in [3.05, 3.63) is 131 Å². The van der Waals surface area contributed by atoms with Crippen molar-refractivity contribution in [3.63, 3.8) is 0 Å². The second-order valence-electron chi connectivity index (χ2n) is 8.01. The van der Waals surface area contributed by atoms with Crippen molar-refractivity contribution in [1.29, 1.82) is 0 Å². The third-order valence-electron chi connectivity index (χ3n) is 5.65. The standard InChI is InChI=1S/C27H19BrFN3O2S/c1-16-23(25(33)31-21-5-3-2-4-6-21)24(18-9-13-20(29)14-10-18)32-26(34)22(35-27(32)30-16)15-17-7-11-19(28)12-8-17/h2-15,24H,1H3,(H,31,33)/b22-15+/t24-/m0/s1. The van der Waals surface area contributed by atoms with Crippen LogP contribution in [0.4, 0.5) is 10.1 Å². The molecule has 0 spiro atoms. The van der Waals surface area contributed by atoms with Crippen molar-refractivity contribution < 1.29 is 9.18 Å². The Bertz CT molecular complexity index is 1620. The summed E-state index contributed by atoms with van der Waals surface area (Å²) in [6, 6.07) is 21.8. The highest BCUT2D eigenvalue weighted by molar-refractivity contribution is 9.10. The Morgan fingerprint density at radius 2 is 1.74 bits per heavy atom. The summed E-state index contributed by atoms with van der Waals surface area (Å²) in [5.41, 5.74) is 2.70. The lowest BCUT2D eigenvalue weighted by Crippen LogP contribution is -2.40. The number of benzene rings is 3. The van der Waals surface area contributed by atoms with Gasteiger partial charge in [0.1, 0.15) is 5.82 Å². The minimum atomic E-state index is -0.748. The van der Waals surface area contributed by atoms with Crippen LogP contribution in [-0.4, -0.2) is 10.5 Å². The molecule has 1 aliphatic rings. The average molecular weight is 548 g/mol. The highest BCUT2D eigenvalue weighted by atomic mass is 79.9. The molecule has 1 atom stereocenters. The zero-order valence-electron chi connectivity index (χ0n) is 18.5. The zero-order chi connectivity index (χ0) is 24.5. The minimum Gasteiger partial charge on any atom is -0.322 e. The summed E-state index contributed by atoms with van der Waals surface area (Å²) in [6.45, 7) is 1.75. The van der Waals surface area contributed by atoms with E-state index in [0.29, 0.717) is 31.9 Å². The number of carbonyl (C=O) groups excluding carboxylic acids is 1. The number of anilines is 1. The predicted molar refractivity (Wildman–Crippen MR) is 139 cm³/mol. The number of aromatic nitrogens is 1. The number of hydrogen-bond acceptors (Lipinski definition) is 4. The van der Waals surface area contributed by atoms with Crippen LogP contribution in [0.5, 0.6) is 0 Å². The van der Waals surface area contributed by atoms with Crippen LogP contribution in [0.1, 0.15) is 24.1 Å². The Hall–Kier alpha value is -3.62. The van der Waals surface area contributed by atoms with Crippen LogP contribution in [0.3, 0.4) is 0 Å². The summed E-state index contributed by atoms with van der Waals surface area (Å²) in [5, 5.41) is 2.90. The summed E-state index contributed by atoms with van der Waals surface area (Å²) in [6.07, 6.45) is 1.81. The molecule has 2 heterocycles. The number of fused-ring (bicyclic) bond motifs is 1. The fourth-order valence-corrected chi connectivity index (χ4v) is 5.31. The van der Waals surface area contributed by atoms with Crippen molar-refractivity contribution in [2.75, 3.05) is 5.32 Å². The van der Waals surface area contributed by atoms with E-state index in [1.54, 1.807) is 37.3 Å². The molecule has 0 saturated carbocycles. The van der Waals surface area contributed by atoms with Crippen LogP contribution in [0.25, 0.3) is 6.08 Å². The van der Waals surface area contributed by atoms with Gasteiger partial charge in [-0.2, -0.15) is 0 Å². The molecule has 1 amide bonds. The number of amides is 1. The Morgan fingerprint density at radius 1 is 1.06 bits per heavy atom. The maximum Gasteiger partial charge on any atom is 0.271 e. The van der Waals surface area contributed by atoms with Crippen molar-refractivity contribution in [2.45, 2.75) is 13.0 Å². The number of halogens is 2. The molecule has 5 rings (SSSR count). The molecule has 0 aliphatic carbocycles. The zero-order valence-corrected chi connectivity index (χ0v) is 20.9. The van der Waals surface area contributed by atoms with Gasteiger partial charge in [-0.3, -0.25) is 14.2 Å². The summed E-state index contributed by atoms with van der Waals surface area (Å²) in [5.74, 6) is -0.763. The van der Waals surface area contributed by atoms with E-state index >= 15 is 0 Å². The van der Waals surface area contributed by atoms with Crippen LogP contribution < -0.4 is 20.2 Å². The number of para-hydroxylation sites is 1. The van der Waals surface area contributed by atoms with E-state index in [9.17, 15) is 14.0 Å². The predicted octanol–water partition coefficient (Wildman–Crippen LogP) is 4.78. The normalized spacial score (nSPS) is 15.5. The van der Waals surface area contributed by atoms with E-state index in [1.807, 2.05) is 42.5 Å². The molecule has 1 aromatic heterocycles. The first-order chi connectivity index (χ1) is 16.9. The highest BCUT2D eigenvalue weighted by Crippen LogP contribution is 2.31. The topological polar surface area (TPSA) is 63.5 Å². The largest absolute Gasteiger partial charge is 0.322 e. The summed E-state index contributed by atoms with van der Waals surface area (Å²) < 4.78 is 16.7. The lowest BCUT2D eigenvalue weighted by Gasteiger charge is -2.25. The van der Waals surface area contributed by atoms with Crippen LogP contribution in [-0.2, 0) is 4.79 Å². The van der Waals surface area contributed by atoms with Gasteiger partial charge in [-0.15, -0.1) is 0 Å². The van der Waals surface area contributed by atoms with Crippen LogP contribution >= 0.6 is 27.3 Å². The van der Waals surface area contributed by atoms with E-state index in [0.717, 1.165) is 10.0 Å². The van der Waals surface area contributed by atoms with Gasteiger partial charge in [0, 0.05) is 10.2 Å². The molecule has 0 bridgehead atoms. The van der Waals surface area contributed by atoms with Crippen molar-refractivity contribution in [2.24, 2.45) is 4.99 Å². The van der Waals surface area contributed by atoms with Gasteiger partial charge < -0.3 is 5.32 Å². The minimum absolute atomic E-state index is 0.261. The van der Waals surface area contributed by atoms with Crippen molar-refractivity contribution in [1.82, 2.24) is 4.57 Å². The fourth-order valence-electron chi connectivity index (χ4n) is 4.00. The van der Waals surface area contributed by atoms with Crippen molar-refractivity contribution in [3.8, 4) is 0 Å². The molecule has 0 fully saturated rings. The Morgan fingerprint density at radius 3 is 2.43 bits per heavy atom. The van der Waals surface area contributed by atoms with Crippen LogP contribution in [0.15, 0.2) is 104 Å². The van der Waals surface area contributed by atoms with Gasteiger partial charge in [0.25, 0.3) is 11.5 Å². The molecule has 5 nitrogen and oxygen atoms in total. The van der Waals surface area contributed by atoms with E-state index in [4.69, 9.17) is 0 Å². The van der Waals surface area contributed by atoms with E-state index in [1.165, 1.54) is 28.0 Å². The van der Waals surface area contributed by atoms with E-state index < -0.39 is 11.9 Å².